The van der Waals surface area contributed by atoms with Gasteiger partial charge in [0.25, 0.3) is 0 Å². The molecule has 1 unspecified atom stereocenters. The fourth-order valence-electron chi connectivity index (χ4n) is 3.02. The highest BCUT2D eigenvalue weighted by Crippen LogP contribution is 2.36. The Balaban J connectivity index is 1.97. The molecule has 1 aromatic carbocycles. The molecule has 0 saturated carbocycles. The van der Waals surface area contributed by atoms with E-state index in [0.717, 1.165) is 22.4 Å². The van der Waals surface area contributed by atoms with Crippen LogP contribution in [0.4, 0.5) is 0 Å². The Morgan fingerprint density at radius 3 is 2.41 bits per heavy atom. The third kappa shape index (κ3) is 4.43. The van der Waals surface area contributed by atoms with Gasteiger partial charge < -0.3 is 4.57 Å². The number of halogens is 1. The summed E-state index contributed by atoms with van der Waals surface area (Å²) in [6, 6.07) is 9.76. The number of hydrogen-bond acceptors (Lipinski definition) is 4. The van der Waals surface area contributed by atoms with Crippen molar-refractivity contribution in [2.24, 2.45) is 11.1 Å². The number of rotatable bonds is 6. The van der Waals surface area contributed by atoms with Crippen LogP contribution in [0.3, 0.4) is 0 Å². The summed E-state index contributed by atoms with van der Waals surface area (Å²) in [5.41, 5.74) is 2.55. The van der Waals surface area contributed by atoms with Gasteiger partial charge in [-0.05, 0) is 48.1 Å². The molecule has 3 rings (SSSR count). The molecule has 2 heterocycles. The quantitative estimate of drug-likeness (QED) is 0.623. The van der Waals surface area contributed by atoms with E-state index in [0.29, 0.717) is 16.8 Å². The zero-order valence-corrected chi connectivity index (χ0v) is 17.8. The minimum Gasteiger partial charge on any atom is -0.315 e. The van der Waals surface area contributed by atoms with Crippen molar-refractivity contribution in [2.75, 3.05) is 0 Å². The van der Waals surface area contributed by atoms with E-state index in [9.17, 15) is 8.42 Å². The zero-order valence-electron chi connectivity index (χ0n) is 15.4. The molecular weight excluding hydrogens is 402 g/mol. The highest BCUT2D eigenvalue weighted by atomic mass is 35.5. The SMILES string of the molecule is CC(C)Cc1cc(-c2ccc(C(C)n3ccnc3Cl)cc2)c(S(N)(=O)=O)s1. The lowest BCUT2D eigenvalue weighted by atomic mass is 10.0. The molecule has 1 atom stereocenters. The Labute approximate surface area is 168 Å². The Bertz CT molecular complexity index is 1040. The fourth-order valence-corrected chi connectivity index (χ4v) is 5.67. The molecule has 0 aliphatic carbocycles. The molecule has 3 aromatic rings. The zero-order chi connectivity index (χ0) is 19.8. The molecule has 0 aliphatic rings. The smallest absolute Gasteiger partial charge is 0.248 e. The van der Waals surface area contributed by atoms with Gasteiger partial charge in [0.15, 0.2) is 0 Å². The van der Waals surface area contributed by atoms with Crippen LogP contribution in [-0.4, -0.2) is 18.0 Å². The van der Waals surface area contributed by atoms with Gasteiger partial charge in [-0.1, -0.05) is 38.1 Å². The summed E-state index contributed by atoms with van der Waals surface area (Å²) in [4.78, 5) is 5.06. The lowest BCUT2D eigenvalue weighted by Crippen LogP contribution is -2.11. The normalized spacial score (nSPS) is 13.3. The van der Waals surface area contributed by atoms with Gasteiger partial charge >= 0.3 is 0 Å². The van der Waals surface area contributed by atoms with Crippen LogP contribution in [0.25, 0.3) is 11.1 Å². The minimum absolute atomic E-state index is 0.0192. The van der Waals surface area contributed by atoms with Gasteiger partial charge in [-0.3, -0.25) is 0 Å². The van der Waals surface area contributed by atoms with E-state index in [-0.39, 0.29) is 10.3 Å². The van der Waals surface area contributed by atoms with Crippen molar-refractivity contribution in [3.8, 4) is 11.1 Å². The lowest BCUT2D eigenvalue weighted by Gasteiger charge is -2.15. The average molecular weight is 424 g/mol. The van der Waals surface area contributed by atoms with E-state index in [1.807, 2.05) is 48.0 Å². The maximum Gasteiger partial charge on any atom is 0.248 e. The first-order valence-corrected chi connectivity index (χ1v) is 11.3. The molecule has 2 aromatic heterocycles. The second-order valence-corrected chi connectivity index (χ2v) is 10.2. The van der Waals surface area contributed by atoms with Crippen molar-refractivity contribution in [2.45, 2.75) is 37.4 Å². The average Bonchev–Trinajstić information content (AvgIpc) is 3.20. The van der Waals surface area contributed by atoms with Gasteiger partial charge in [-0.2, -0.15) is 0 Å². The molecule has 27 heavy (non-hydrogen) atoms. The van der Waals surface area contributed by atoms with Crippen LogP contribution < -0.4 is 5.14 Å². The third-order valence-electron chi connectivity index (χ3n) is 4.36. The Kier molecular flexibility index (Phi) is 5.76. The van der Waals surface area contributed by atoms with Gasteiger partial charge in [0.1, 0.15) is 4.21 Å². The van der Waals surface area contributed by atoms with Crippen molar-refractivity contribution < 1.29 is 8.42 Å². The molecular formula is C19H22ClN3O2S2. The highest BCUT2D eigenvalue weighted by Gasteiger charge is 2.21. The van der Waals surface area contributed by atoms with Gasteiger partial charge in [0.2, 0.25) is 15.3 Å². The molecule has 0 aliphatic heterocycles. The topological polar surface area (TPSA) is 78.0 Å². The minimum atomic E-state index is -3.78. The van der Waals surface area contributed by atoms with E-state index < -0.39 is 10.0 Å². The molecule has 2 N–H and O–H groups in total. The van der Waals surface area contributed by atoms with Gasteiger partial charge in [-0.15, -0.1) is 11.3 Å². The number of thiophene rings is 1. The van der Waals surface area contributed by atoms with Crippen molar-refractivity contribution in [1.82, 2.24) is 9.55 Å². The first-order valence-electron chi connectivity index (χ1n) is 8.61. The van der Waals surface area contributed by atoms with Gasteiger partial charge in [0.05, 0.1) is 6.04 Å². The number of nitrogens with zero attached hydrogens (tertiary/aromatic N) is 2. The maximum atomic E-state index is 12.1. The predicted molar refractivity (Wildman–Crippen MR) is 111 cm³/mol. The van der Waals surface area contributed by atoms with Crippen LogP contribution in [0.1, 0.15) is 37.3 Å². The number of sulfonamides is 1. The number of hydrogen-bond donors (Lipinski definition) is 1. The molecule has 0 radical (unpaired) electrons. The van der Waals surface area contributed by atoms with E-state index in [2.05, 4.69) is 18.8 Å². The molecule has 0 spiro atoms. The van der Waals surface area contributed by atoms with Gasteiger partial charge in [-0.25, -0.2) is 18.5 Å². The fraction of sp³-hybridized carbons (Fsp3) is 0.316. The summed E-state index contributed by atoms with van der Waals surface area (Å²) in [5.74, 6) is 0.438. The van der Waals surface area contributed by atoms with Crippen molar-refractivity contribution in [3.05, 3.63) is 58.4 Å². The molecule has 8 heteroatoms. The molecule has 0 saturated heterocycles. The Hall–Kier alpha value is -1.67. The van der Waals surface area contributed by atoms with E-state index in [4.69, 9.17) is 16.7 Å². The standard InChI is InChI=1S/C19H22ClN3O2S2/c1-12(2)10-16-11-17(18(26-16)27(21,24)25)15-6-4-14(5-7-15)13(3)23-9-8-22-19(23)20/h4-9,11-13H,10H2,1-3H3,(H2,21,24,25). The second-order valence-electron chi connectivity index (χ2n) is 6.96. The van der Waals surface area contributed by atoms with Crippen LogP contribution in [0.15, 0.2) is 46.9 Å². The molecule has 144 valence electrons. The number of imidazole rings is 1. The molecule has 5 nitrogen and oxygen atoms in total. The predicted octanol–water partition coefficient (Wildman–Crippen LogP) is 4.72. The molecule has 0 bridgehead atoms. The lowest BCUT2D eigenvalue weighted by molar-refractivity contribution is 0.600. The van der Waals surface area contributed by atoms with Crippen molar-refractivity contribution in [3.63, 3.8) is 0 Å². The number of benzene rings is 1. The maximum absolute atomic E-state index is 12.1. The number of primary sulfonamides is 1. The summed E-state index contributed by atoms with van der Waals surface area (Å²) < 4.78 is 26.2. The highest BCUT2D eigenvalue weighted by molar-refractivity contribution is 7.91. The van der Waals surface area contributed by atoms with E-state index in [1.54, 1.807) is 6.20 Å². The van der Waals surface area contributed by atoms with Crippen LogP contribution in [0, 0.1) is 5.92 Å². The van der Waals surface area contributed by atoms with Crippen molar-refractivity contribution >= 4 is 33.0 Å². The van der Waals surface area contributed by atoms with E-state index in [1.165, 1.54) is 11.3 Å². The van der Waals surface area contributed by atoms with E-state index >= 15 is 0 Å². The van der Waals surface area contributed by atoms with Crippen molar-refractivity contribution in [1.29, 1.82) is 0 Å². The summed E-state index contributed by atoms with van der Waals surface area (Å²) in [6.07, 6.45) is 4.31. The first-order chi connectivity index (χ1) is 12.7. The molecule has 0 fully saturated rings. The largest absolute Gasteiger partial charge is 0.315 e. The Morgan fingerprint density at radius 1 is 1.22 bits per heavy atom. The first kappa shape index (κ1) is 20.1. The monoisotopic (exact) mass is 423 g/mol. The molecule has 0 amide bonds. The van der Waals surface area contributed by atoms with Crippen LogP contribution in [0.5, 0.6) is 0 Å². The van der Waals surface area contributed by atoms with Crippen LogP contribution >= 0.6 is 22.9 Å². The Morgan fingerprint density at radius 2 is 1.89 bits per heavy atom. The summed E-state index contributed by atoms with van der Waals surface area (Å²) in [6.45, 7) is 6.24. The van der Waals surface area contributed by atoms with Crippen LogP contribution in [0.2, 0.25) is 5.28 Å². The second kappa shape index (κ2) is 7.75. The summed E-state index contributed by atoms with van der Waals surface area (Å²) >= 11 is 7.36. The van der Waals surface area contributed by atoms with Gasteiger partial charge in [0, 0.05) is 22.8 Å². The summed E-state index contributed by atoms with van der Waals surface area (Å²) in [7, 11) is -3.78. The van der Waals surface area contributed by atoms with Crippen LogP contribution in [-0.2, 0) is 16.4 Å². The summed E-state index contributed by atoms with van der Waals surface area (Å²) in [5, 5.41) is 5.89. The third-order valence-corrected chi connectivity index (χ3v) is 7.29. The number of nitrogens with two attached hydrogens (primary N) is 1. The number of aromatic nitrogens is 2.